The molecule has 1 aromatic rings. The fourth-order valence-electron chi connectivity index (χ4n) is 17.9. The number of para-hydroxylation sites is 1. The maximum Gasteiger partial charge on any atom is 0.362 e. The SMILES string of the molecule is CC[C@@H]1[C@H]2C[C@H]3[C@@H]4N(C)c5ccccc5[C@@]45C[C@@H]([C@@H]2[C@H]5O)[N@@+]3(CC(=O)O[C@H]2CC[C@]3(C(=O)OC)[C@@H]4CC[C@]5(C)[C@H](C6=CC(=O)OC6)CC[C@]5(O)[C@H]4CC[C@@]3(O)C2)[C@@H]1O. The first-order chi connectivity index (χ1) is 27.7. The van der Waals surface area contributed by atoms with Crippen LogP contribution in [0.1, 0.15) is 96.5 Å². The Labute approximate surface area is 340 Å². The van der Waals surface area contributed by atoms with Crippen LogP contribution in [-0.2, 0) is 34.0 Å². The summed E-state index contributed by atoms with van der Waals surface area (Å²) in [6.07, 6.45) is 6.02. The lowest BCUT2D eigenvalue weighted by molar-refractivity contribution is -1.03. The van der Waals surface area contributed by atoms with Crippen LogP contribution in [0.3, 0.4) is 0 Å². The molecule has 5 saturated carbocycles. The first kappa shape index (κ1) is 37.9. The normalized spacial score (nSPS) is 52.6. The van der Waals surface area contributed by atoms with Crippen LogP contribution in [0.25, 0.3) is 0 Å². The van der Waals surface area contributed by atoms with Gasteiger partial charge in [0.2, 0.25) is 0 Å². The Bertz CT molecular complexity index is 2010. The van der Waals surface area contributed by atoms with Crippen molar-refractivity contribution in [3.63, 3.8) is 0 Å². The lowest BCUT2D eigenvalue weighted by Crippen LogP contribution is -2.83. The van der Waals surface area contributed by atoms with Gasteiger partial charge in [0, 0.05) is 55.3 Å². The maximum atomic E-state index is 14.6. The number of cyclic esters (lactones) is 1. The molecule has 4 saturated heterocycles. The summed E-state index contributed by atoms with van der Waals surface area (Å²) >= 11 is 0. The van der Waals surface area contributed by atoms with Gasteiger partial charge < -0.3 is 39.5 Å². The molecular weight excluding hydrogens is 741 g/mol. The Morgan fingerprint density at radius 2 is 1.78 bits per heavy atom. The van der Waals surface area contributed by atoms with Crippen molar-refractivity contribution in [2.75, 3.05) is 32.2 Å². The quantitative estimate of drug-likeness (QED) is 0.189. The van der Waals surface area contributed by atoms with Crippen molar-refractivity contribution in [3.8, 4) is 0 Å². The highest BCUT2D eigenvalue weighted by Gasteiger charge is 2.83. The summed E-state index contributed by atoms with van der Waals surface area (Å²) in [7, 11) is 3.48. The zero-order chi connectivity index (χ0) is 40.5. The monoisotopic (exact) mass is 801 g/mol. The van der Waals surface area contributed by atoms with Gasteiger partial charge >= 0.3 is 17.9 Å². The fourth-order valence-corrected chi connectivity index (χ4v) is 17.9. The van der Waals surface area contributed by atoms with E-state index in [9.17, 15) is 34.8 Å². The highest BCUT2D eigenvalue weighted by atomic mass is 16.6. The third kappa shape index (κ3) is 4.14. The molecule has 0 radical (unpaired) electrons. The smallest absolute Gasteiger partial charge is 0.362 e. The number of quaternary nitrogens is 1. The summed E-state index contributed by atoms with van der Waals surface area (Å²) in [6, 6.07) is 8.21. The van der Waals surface area contributed by atoms with Crippen LogP contribution in [0.4, 0.5) is 5.69 Å². The summed E-state index contributed by atoms with van der Waals surface area (Å²) in [4.78, 5) is 43.2. The van der Waals surface area contributed by atoms with Crippen molar-refractivity contribution in [1.82, 2.24) is 0 Å². The number of carbonyl (C=O) groups excluding carboxylic acids is 3. The second kappa shape index (κ2) is 12.1. The Morgan fingerprint density at radius 3 is 2.52 bits per heavy atom. The number of piperidine rings is 4. The number of anilines is 1. The van der Waals surface area contributed by atoms with E-state index in [-0.39, 0.29) is 96.5 Å². The average Bonchev–Trinajstić information content (AvgIpc) is 3.89. The van der Waals surface area contributed by atoms with Crippen LogP contribution in [0.15, 0.2) is 35.9 Å². The van der Waals surface area contributed by atoms with Gasteiger partial charge in [-0.05, 0) is 98.7 Å². The Morgan fingerprint density at radius 1 is 1.00 bits per heavy atom. The van der Waals surface area contributed by atoms with Gasteiger partial charge in [-0.1, -0.05) is 32.0 Å². The van der Waals surface area contributed by atoms with Gasteiger partial charge in [-0.15, -0.1) is 0 Å². The molecule has 6 heterocycles. The van der Waals surface area contributed by atoms with Crippen molar-refractivity contribution in [1.29, 1.82) is 0 Å². The molecule has 6 aliphatic heterocycles. The third-order valence-corrected chi connectivity index (χ3v) is 19.9. The molecule has 1 aromatic carbocycles. The Hall–Kier alpha value is -3.03. The molecule has 11 aliphatic rings. The van der Waals surface area contributed by atoms with E-state index in [2.05, 4.69) is 44.0 Å². The van der Waals surface area contributed by atoms with Crippen LogP contribution in [0.2, 0.25) is 0 Å². The molecule has 5 aliphatic carbocycles. The number of ether oxygens (including phenoxy) is 3. The van der Waals surface area contributed by atoms with Crippen LogP contribution in [0.5, 0.6) is 0 Å². The van der Waals surface area contributed by atoms with Crippen LogP contribution in [0, 0.1) is 46.3 Å². The van der Waals surface area contributed by atoms with E-state index in [1.807, 2.05) is 6.07 Å². The Balaban J connectivity index is 0.871. The van der Waals surface area contributed by atoms with E-state index in [0.29, 0.717) is 38.5 Å². The number of aliphatic hydroxyl groups is 4. The molecule has 18 atom stereocenters. The Kier molecular flexibility index (Phi) is 7.90. The molecule has 0 amide bonds. The second-order valence-electron chi connectivity index (χ2n) is 20.9. The molecule has 12 heteroatoms. The molecule has 12 rings (SSSR count). The molecular formula is C46H61N2O10+. The molecule has 5 bridgehead atoms. The number of hydrogen-bond acceptors (Lipinski definition) is 11. The molecule has 12 nitrogen and oxygen atoms in total. The fraction of sp³-hybridized carbons (Fsp3) is 0.761. The summed E-state index contributed by atoms with van der Waals surface area (Å²) in [5.41, 5.74) is -1.55. The highest BCUT2D eigenvalue weighted by molar-refractivity contribution is 5.85. The first-order valence-electron chi connectivity index (χ1n) is 22.3. The molecule has 4 N–H and O–H groups in total. The number of rotatable bonds is 6. The van der Waals surface area contributed by atoms with E-state index < -0.39 is 57.8 Å². The molecule has 1 spiro atoms. The minimum absolute atomic E-state index is 0.00132. The molecule has 9 fully saturated rings. The van der Waals surface area contributed by atoms with E-state index in [0.717, 1.165) is 30.5 Å². The van der Waals surface area contributed by atoms with Crippen molar-refractivity contribution in [2.24, 2.45) is 46.3 Å². The summed E-state index contributed by atoms with van der Waals surface area (Å²) in [5.74, 6) is -1.64. The van der Waals surface area contributed by atoms with Gasteiger partial charge in [-0.3, -0.25) is 9.28 Å². The van der Waals surface area contributed by atoms with Gasteiger partial charge in [0.05, 0.1) is 47.3 Å². The third-order valence-electron chi connectivity index (χ3n) is 19.9. The lowest BCUT2D eigenvalue weighted by Gasteiger charge is -2.67. The average molecular weight is 802 g/mol. The van der Waals surface area contributed by atoms with E-state index >= 15 is 0 Å². The summed E-state index contributed by atoms with van der Waals surface area (Å²) < 4.78 is 17.5. The summed E-state index contributed by atoms with van der Waals surface area (Å²) in [5, 5.41) is 50.6. The zero-order valence-corrected chi connectivity index (χ0v) is 34.3. The van der Waals surface area contributed by atoms with E-state index in [1.165, 1.54) is 12.7 Å². The van der Waals surface area contributed by atoms with E-state index in [1.54, 1.807) is 6.08 Å². The number of methoxy groups -OCH3 is 1. The van der Waals surface area contributed by atoms with Gasteiger partial charge in [0.1, 0.15) is 18.8 Å². The molecule has 0 unspecified atom stereocenters. The van der Waals surface area contributed by atoms with E-state index in [4.69, 9.17) is 14.2 Å². The van der Waals surface area contributed by atoms with Crippen molar-refractivity contribution in [2.45, 2.75) is 144 Å². The standard InChI is InChI=1S/C46H61N2O10/c1-5-26-27-19-33-38-44(31-8-6-7-9-32(31)47(38)3)21-34(37(27)39(44)51)48(33,40(26)52)22-36(50)58-25-10-16-45(41(53)56-4)29-11-14-42(2)28(24-18-35(49)57-23-24)13-17-46(42,55)30(29)12-15-43(45,54)20-25/h6-9,18,25-30,33-34,37-40,51-52,54-55H,5,10-17,19-23H2,1-4H3/q+1/t25-,26+,27+,28-,29+,30-,33-,34-,37+,38-,39+,40+,42+,43+,44-,45+,46-,48-/m0/s1. The van der Waals surface area contributed by atoms with Crippen molar-refractivity contribution in [3.05, 3.63) is 41.5 Å². The molecule has 0 aromatic heterocycles. The lowest BCUT2D eigenvalue weighted by atomic mass is 9.41. The predicted molar refractivity (Wildman–Crippen MR) is 208 cm³/mol. The zero-order valence-electron chi connectivity index (χ0n) is 34.3. The van der Waals surface area contributed by atoms with Crippen LogP contribution in [-0.4, -0.2) is 118 Å². The number of carbonyl (C=O) groups is 3. The minimum Gasteiger partial charge on any atom is -0.468 e. The number of aliphatic hydroxyl groups excluding tert-OH is 2. The van der Waals surface area contributed by atoms with Crippen molar-refractivity contribution >= 4 is 23.6 Å². The summed E-state index contributed by atoms with van der Waals surface area (Å²) in [6.45, 7) is 4.49. The predicted octanol–water partition coefficient (Wildman–Crippen LogP) is 3.51. The highest BCUT2D eigenvalue weighted by Crippen LogP contribution is 2.73. The number of likely N-dealkylation sites (N-methyl/N-ethyl adjacent to an activating group) is 1. The van der Waals surface area contributed by atoms with Crippen LogP contribution < -0.4 is 4.90 Å². The number of benzene rings is 1. The first-order valence-corrected chi connectivity index (χ1v) is 22.3. The molecule has 58 heavy (non-hydrogen) atoms. The van der Waals surface area contributed by atoms with Crippen LogP contribution >= 0.6 is 0 Å². The minimum atomic E-state index is -1.50. The number of hydrogen-bond donors (Lipinski definition) is 4. The largest absolute Gasteiger partial charge is 0.468 e. The number of fused-ring (bicyclic) bond motifs is 7. The van der Waals surface area contributed by atoms with Gasteiger partial charge in [-0.2, -0.15) is 0 Å². The molecule has 314 valence electrons. The van der Waals surface area contributed by atoms with Gasteiger partial charge in [0.15, 0.2) is 12.8 Å². The number of esters is 3. The van der Waals surface area contributed by atoms with Crippen molar-refractivity contribution < 1.29 is 53.5 Å². The maximum absolute atomic E-state index is 14.6. The number of nitrogens with zero attached hydrogens (tertiary/aromatic N) is 2. The van der Waals surface area contributed by atoms with Gasteiger partial charge in [0.25, 0.3) is 0 Å². The second-order valence-corrected chi connectivity index (χ2v) is 20.9. The topological polar surface area (TPSA) is 163 Å². The van der Waals surface area contributed by atoms with Gasteiger partial charge in [-0.25, -0.2) is 9.59 Å².